The van der Waals surface area contributed by atoms with E-state index < -0.39 is 8.15 Å². The number of amidine groups is 1. The molecule has 0 saturated heterocycles. The van der Waals surface area contributed by atoms with Gasteiger partial charge >= 0.3 is 0 Å². The number of nitrogens with zero attached hydrogens (tertiary/aromatic N) is 3. The third-order valence-corrected chi connectivity index (χ3v) is 7.79. The molecule has 2 aromatic carbocycles. The van der Waals surface area contributed by atoms with E-state index >= 15 is 4.39 Å². The van der Waals surface area contributed by atoms with Crippen LogP contribution in [0.3, 0.4) is 0 Å². The first kappa shape index (κ1) is 32.2. The monoisotopic (exact) mass is 578 g/mol. The molecule has 1 aliphatic rings. The number of hydrogen-bond acceptors (Lipinski definition) is 6. The average molecular weight is 579 g/mol. The summed E-state index contributed by atoms with van der Waals surface area (Å²) in [6, 6.07) is 8.90. The van der Waals surface area contributed by atoms with E-state index in [0.29, 0.717) is 41.2 Å². The molecule has 1 heterocycles. The van der Waals surface area contributed by atoms with Crippen LogP contribution >= 0.6 is 8.15 Å². The van der Waals surface area contributed by atoms with Crippen LogP contribution in [0.5, 0.6) is 0 Å². The Balaban J connectivity index is 1.99. The topological polar surface area (TPSA) is 71.2 Å². The number of rotatable bonds is 14. The third kappa shape index (κ3) is 8.61. The average Bonchev–Trinajstić information content (AvgIpc) is 3.10. The number of carbonyl (C=O) groups is 1. The summed E-state index contributed by atoms with van der Waals surface area (Å²) in [4.78, 5) is 20.8. The molecule has 6 nitrogen and oxygen atoms in total. The van der Waals surface area contributed by atoms with Crippen LogP contribution in [0.25, 0.3) is 23.3 Å². The lowest BCUT2D eigenvalue weighted by Gasteiger charge is -2.27. The van der Waals surface area contributed by atoms with Gasteiger partial charge in [-0.2, -0.15) is 0 Å². The molecule has 2 N–H and O–H groups in total. The Morgan fingerprint density at radius 3 is 2.46 bits per heavy atom. The first-order valence-electron chi connectivity index (χ1n) is 14.2. The molecule has 3 rings (SSSR count). The molecule has 1 aliphatic heterocycles. The van der Waals surface area contributed by atoms with Crippen molar-refractivity contribution in [2.24, 2.45) is 10.7 Å². The number of aliphatic imine (C=N–C) groups is 1. The highest BCUT2D eigenvalue weighted by atomic mass is 31.1. The van der Waals surface area contributed by atoms with E-state index in [9.17, 15) is 4.79 Å². The van der Waals surface area contributed by atoms with Crippen LogP contribution in [0, 0.1) is 5.82 Å². The molecular weight excluding hydrogens is 534 g/mol. The molecule has 220 valence electrons. The van der Waals surface area contributed by atoms with Gasteiger partial charge < -0.3 is 20.1 Å². The van der Waals surface area contributed by atoms with Crippen LogP contribution in [0.4, 0.5) is 10.1 Å². The zero-order valence-electron chi connectivity index (χ0n) is 25.3. The summed E-state index contributed by atoms with van der Waals surface area (Å²) in [5.41, 5.74) is 12.7. The summed E-state index contributed by atoms with van der Waals surface area (Å²) in [6.07, 6.45) is 7.05. The van der Waals surface area contributed by atoms with Crippen molar-refractivity contribution in [3.8, 4) is 11.1 Å². The molecule has 8 heteroatoms. The Morgan fingerprint density at radius 1 is 1.12 bits per heavy atom. The van der Waals surface area contributed by atoms with Gasteiger partial charge in [0, 0.05) is 63.8 Å². The lowest BCUT2D eigenvalue weighted by molar-refractivity contribution is 0.112. The lowest BCUT2D eigenvalue weighted by Crippen LogP contribution is -2.26. The van der Waals surface area contributed by atoms with Crippen molar-refractivity contribution in [2.75, 3.05) is 46.6 Å². The third-order valence-electron chi connectivity index (χ3n) is 7.09. The second kappa shape index (κ2) is 15.1. The van der Waals surface area contributed by atoms with Gasteiger partial charge in [-0.15, -0.1) is 0 Å². The molecule has 0 unspecified atom stereocenters. The molecule has 0 aliphatic carbocycles. The van der Waals surface area contributed by atoms with Gasteiger partial charge in [-0.3, -0.25) is 4.79 Å². The summed E-state index contributed by atoms with van der Waals surface area (Å²) in [5, 5.41) is 0. The number of likely N-dealkylation sites (N-methyl/N-ethyl adjacent to an activating group) is 1. The normalized spacial score (nSPS) is 13.3. The molecule has 0 bridgehead atoms. The maximum absolute atomic E-state index is 15.7. The van der Waals surface area contributed by atoms with Gasteiger partial charge in [0.2, 0.25) is 0 Å². The maximum Gasteiger partial charge on any atom is 0.150 e. The number of fused-ring (bicyclic) bond motifs is 1. The Kier molecular flexibility index (Phi) is 11.9. The number of allylic oxidation sites excluding steroid dienone is 2. The summed E-state index contributed by atoms with van der Waals surface area (Å²) >= 11 is 0. The molecule has 0 fully saturated rings. The van der Waals surface area contributed by atoms with E-state index in [1.165, 1.54) is 6.07 Å². The van der Waals surface area contributed by atoms with E-state index in [1.54, 1.807) is 6.07 Å². The quantitative estimate of drug-likeness (QED) is 0.184. The summed E-state index contributed by atoms with van der Waals surface area (Å²) in [7, 11) is 1.59. The number of benzene rings is 2. The van der Waals surface area contributed by atoms with Gasteiger partial charge in [-0.1, -0.05) is 32.6 Å². The van der Waals surface area contributed by atoms with Crippen molar-refractivity contribution in [3.05, 3.63) is 76.4 Å². The smallest absolute Gasteiger partial charge is 0.150 e. The molecular formula is C33H44FN4O2P. The molecule has 0 atom stereocenters. The van der Waals surface area contributed by atoms with E-state index in [2.05, 4.69) is 48.5 Å². The van der Waals surface area contributed by atoms with Crippen LogP contribution in [0.15, 0.2) is 58.9 Å². The molecule has 0 aromatic heterocycles. The Hall–Kier alpha value is -3.28. The van der Waals surface area contributed by atoms with Crippen molar-refractivity contribution in [1.82, 2.24) is 9.80 Å². The van der Waals surface area contributed by atoms with E-state index in [1.807, 2.05) is 44.3 Å². The Bertz CT molecular complexity index is 1340. The SMILES string of the molecule is C=C(C1=Cc2c(F)cc(-c3ccc(C=O)c(/C=C(/C)N(C)CCOP(C)C)c3)cc2N=C(N)C1)N(CCC)CCC. The molecule has 41 heavy (non-hydrogen) atoms. The van der Waals surface area contributed by atoms with Gasteiger partial charge in [0.15, 0.2) is 6.29 Å². The number of nitrogens with two attached hydrogens (primary N) is 1. The van der Waals surface area contributed by atoms with Crippen molar-refractivity contribution in [1.29, 1.82) is 0 Å². The van der Waals surface area contributed by atoms with E-state index in [4.69, 9.17) is 10.3 Å². The van der Waals surface area contributed by atoms with Crippen LogP contribution in [-0.4, -0.2) is 68.5 Å². The van der Waals surface area contributed by atoms with Crippen molar-refractivity contribution in [3.63, 3.8) is 0 Å². The van der Waals surface area contributed by atoms with Gasteiger partial charge in [0.25, 0.3) is 0 Å². The number of aldehydes is 1. The molecule has 0 spiro atoms. The number of carbonyl (C=O) groups excluding carboxylic acids is 1. The molecule has 2 aromatic rings. The predicted molar refractivity (Wildman–Crippen MR) is 173 cm³/mol. The fraction of sp³-hybridized carbons (Fsp3) is 0.394. The van der Waals surface area contributed by atoms with Crippen LogP contribution in [0.2, 0.25) is 0 Å². The van der Waals surface area contributed by atoms with E-state index in [-0.39, 0.29) is 5.82 Å². The highest BCUT2D eigenvalue weighted by Crippen LogP contribution is 2.36. The first-order chi connectivity index (χ1) is 19.6. The zero-order valence-corrected chi connectivity index (χ0v) is 26.2. The molecule has 0 amide bonds. The predicted octanol–water partition coefficient (Wildman–Crippen LogP) is 7.68. The summed E-state index contributed by atoms with van der Waals surface area (Å²) < 4.78 is 21.4. The van der Waals surface area contributed by atoms with Gasteiger partial charge in [0.05, 0.1) is 12.3 Å². The Labute approximate surface area is 246 Å². The Morgan fingerprint density at radius 2 is 1.83 bits per heavy atom. The zero-order chi connectivity index (χ0) is 30.1. The van der Waals surface area contributed by atoms with Crippen LogP contribution < -0.4 is 5.73 Å². The number of halogens is 1. The summed E-state index contributed by atoms with van der Waals surface area (Å²) in [6.45, 7) is 17.9. The van der Waals surface area contributed by atoms with Crippen LogP contribution in [0.1, 0.15) is 61.5 Å². The fourth-order valence-electron chi connectivity index (χ4n) is 4.79. The second-order valence-corrected chi connectivity index (χ2v) is 12.5. The largest absolute Gasteiger partial charge is 0.387 e. The highest BCUT2D eigenvalue weighted by Gasteiger charge is 2.20. The van der Waals surface area contributed by atoms with Gasteiger partial charge in [0.1, 0.15) is 11.7 Å². The molecule has 0 radical (unpaired) electrons. The number of hydrogen-bond donors (Lipinski definition) is 1. The van der Waals surface area contributed by atoms with Crippen molar-refractivity contribution >= 4 is 38.1 Å². The minimum Gasteiger partial charge on any atom is -0.387 e. The maximum atomic E-state index is 15.7. The lowest BCUT2D eigenvalue weighted by atomic mass is 9.96. The first-order valence-corrected chi connectivity index (χ1v) is 16.3. The van der Waals surface area contributed by atoms with Crippen molar-refractivity contribution < 1.29 is 13.7 Å². The van der Waals surface area contributed by atoms with Gasteiger partial charge in [-0.05, 0) is 85.7 Å². The minimum atomic E-state index is -0.410. The molecule has 0 saturated carbocycles. The highest BCUT2D eigenvalue weighted by molar-refractivity contribution is 7.50. The van der Waals surface area contributed by atoms with Gasteiger partial charge in [-0.25, -0.2) is 9.38 Å². The standard InChI is InChI=1S/C33H44FN4O2P/c1-8-12-38(13-9-2)24(4)27-18-30-31(34)19-29(20-32(30)36-33(35)21-27)25-10-11-26(22-39)28(17-25)16-23(3)37(5)14-15-40-41(6)7/h10-11,16-20,22H,4,8-9,12-15,21H2,1-3,5-7H3,(H2,35,36)/b23-16-. The second-order valence-electron chi connectivity index (χ2n) is 10.6. The summed E-state index contributed by atoms with van der Waals surface area (Å²) in [5.74, 6) is 0.0417. The fourth-order valence-corrected chi connectivity index (χ4v) is 5.24. The van der Waals surface area contributed by atoms with E-state index in [0.717, 1.165) is 66.9 Å². The van der Waals surface area contributed by atoms with Crippen LogP contribution in [-0.2, 0) is 4.52 Å². The van der Waals surface area contributed by atoms with Crippen molar-refractivity contribution in [2.45, 2.75) is 40.0 Å². The minimum absolute atomic E-state index is 0.377.